The Labute approximate surface area is 119 Å². The van der Waals surface area contributed by atoms with E-state index in [0.29, 0.717) is 13.1 Å². The number of nitriles is 1. The number of rotatable bonds is 4. The van der Waals surface area contributed by atoms with Crippen LogP contribution >= 0.6 is 0 Å². The summed E-state index contributed by atoms with van der Waals surface area (Å²) >= 11 is 0. The molecule has 2 rings (SSSR count). The van der Waals surface area contributed by atoms with Gasteiger partial charge in [-0.1, -0.05) is 24.3 Å². The van der Waals surface area contributed by atoms with Crippen molar-refractivity contribution < 1.29 is 9.53 Å². The van der Waals surface area contributed by atoms with Crippen molar-refractivity contribution in [1.29, 1.82) is 5.26 Å². The summed E-state index contributed by atoms with van der Waals surface area (Å²) in [6.45, 7) is 3.10. The fourth-order valence-corrected chi connectivity index (χ4v) is 2.39. The summed E-state index contributed by atoms with van der Waals surface area (Å²) in [4.78, 5) is 13.6. The standard InChI is InChI=1S/C15H19N3O2/c1-20-15(19)8-12-4-2-3-5-13(12)11-18-7-6-17-10-14(18)9-16/h2-5,14,17H,6-8,10-11H2,1H3. The van der Waals surface area contributed by atoms with E-state index in [9.17, 15) is 10.1 Å². The van der Waals surface area contributed by atoms with Crippen LogP contribution in [0.15, 0.2) is 24.3 Å². The molecule has 1 unspecified atom stereocenters. The molecule has 5 heteroatoms. The lowest BCUT2D eigenvalue weighted by Crippen LogP contribution is -2.50. The number of nitrogens with one attached hydrogen (secondary N) is 1. The Morgan fingerprint density at radius 3 is 2.95 bits per heavy atom. The first-order chi connectivity index (χ1) is 9.74. The van der Waals surface area contributed by atoms with Gasteiger partial charge < -0.3 is 10.1 Å². The number of carbonyl (C=O) groups excluding carboxylic acids is 1. The molecular weight excluding hydrogens is 254 g/mol. The van der Waals surface area contributed by atoms with Crippen LogP contribution in [0.25, 0.3) is 0 Å². The van der Waals surface area contributed by atoms with E-state index in [1.54, 1.807) is 0 Å². The lowest BCUT2D eigenvalue weighted by molar-refractivity contribution is -0.139. The van der Waals surface area contributed by atoms with Crippen LogP contribution in [0, 0.1) is 11.3 Å². The molecule has 0 radical (unpaired) electrons. The Morgan fingerprint density at radius 1 is 1.50 bits per heavy atom. The van der Waals surface area contributed by atoms with E-state index in [2.05, 4.69) is 16.3 Å². The van der Waals surface area contributed by atoms with Gasteiger partial charge in [0.15, 0.2) is 0 Å². The lowest BCUT2D eigenvalue weighted by atomic mass is 10.0. The first kappa shape index (κ1) is 14.5. The molecule has 1 aromatic rings. The van der Waals surface area contributed by atoms with Gasteiger partial charge in [-0.25, -0.2) is 0 Å². The van der Waals surface area contributed by atoms with Gasteiger partial charge >= 0.3 is 5.97 Å². The number of ether oxygens (including phenoxy) is 1. The predicted molar refractivity (Wildman–Crippen MR) is 74.8 cm³/mol. The van der Waals surface area contributed by atoms with Gasteiger partial charge in [-0.15, -0.1) is 0 Å². The molecule has 0 amide bonds. The van der Waals surface area contributed by atoms with E-state index < -0.39 is 0 Å². The molecule has 1 saturated heterocycles. The van der Waals surface area contributed by atoms with Crippen LogP contribution in [0.4, 0.5) is 0 Å². The molecule has 1 fully saturated rings. The van der Waals surface area contributed by atoms with Crippen molar-refractivity contribution in [2.24, 2.45) is 0 Å². The van der Waals surface area contributed by atoms with E-state index in [4.69, 9.17) is 4.74 Å². The summed E-state index contributed by atoms with van der Waals surface area (Å²) in [5.41, 5.74) is 2.05. The van der Waals surface area contributed by atoms with Crippen molar-refractivity contribution in [3.8, 4) is 6.07 Å². The van der Waals surface area contributed by atoms with Gasteiger partial charge in [0.25, 0.3) is 0 Å². The number of hydrogen-bond donors (Lipinski definition) is 1. The third-order valence-electron chi connectivity index (χ3n) is 3.56. The monoisotopic (exact) mass is 273 g/mol. The van der Waals surface area contributed by atoms with E-state index in [0.717, 1.165) is 24.2 Å². The number of piperazine rings is 1. The zero-order valence-corrected chi connectivity index (χ0v) is 11.6. The zero-order chi connectivity index (χ0) is 14.4. The van der Waals surface area contributed by atoms with Crippen molar-refractivity contribution in [3.05, 3.63) is 35.4 Å². The second-order valence-corrected chi connectivity index (χ2v) is 4.84. The normalized spacial score (nSPS) is 19.3. The summed E-state index contributed by atoms with van der Waals surface area (Å²) in [6, 6.07) is 10.0. The number of esters is 1. The van der Waals surface area contributed by atoms with Crippen molar-refractivity contribution in [2.75, 3.05) is 26.7 Å². The molecule has 0 aromatic heterocycles. The minimum Gasteiger partial charge on any atom is -0.469 e. The molecule has 0 spiro atoms. The Hall–Kier alpha value is -1.90. The van der Waals surface area contributed by atoms with Crippen LogP contribution in [0.3, 0.4) is 0 Å². The highest BCUT2D eigenvalue weighted by atomic mass is 16.5. The number of benzene rings is 1. The molecule has 1 aliphatic heterocycles. The molecule has 5 nitrogen and oxygen atoms in total. The average molecular weight is 273 g/mol. The molecule has 0 saturated carbocycles. The maximum absolute atomic E-state index is 11.4. The van der Waals surface area contributed by atoms with Gasteiger partial charge in [0.05, 0.1) is 19.6 Å². The van der Waals surface area contributed by atoms with Crippen LogP contribution in [0.2, 0.25) is 0 Å². The van der Waals surface area contributed by atoms with Crippen LogP contribution in [-0.2, 0) is 22.5 Å². The summed E-state index contributed by atoms with van der Waals surface area (Å²) in [6.07, 6.45) is 0.274. The fraction of sp³-hybridized carbons (Fsp3) is 0.467. The molecular formula is C15H19N3O2. The Kier molecular flexibility index (Phi) is 5.10. The highest BCUT2D eigenvalue weighted by Gasteiger charge is 2.22. The molecule has 1 atom stereocenters. The molecule has 106 valence electrons. The number of hydrogen-bond acceptors (Lipinski definition) is 5. The Morgan fingerprint density at radius 2 is 2.25 bits per heavy atom. The van der Waals surface area contributed by atoms with E-state index in [-0.39, 0.29) is 18.4 Å². The molecule has 1 aromatic carbocycles. The molecule has 0 bridgehead atoms. The summed E-state index contributed by atoms with van der Waals surface area (Å²) < 4.78 is 4.73. The van der Waals surface area contributed by atoms with E-state index >= 15 is 0 Å². The quantitative estimate of drug-likeness (QED) is 0.818. The number of methoxy groups -OCH3 is 1. The van der Waals surface area contributed by atoms with Gasteiger partial charge in [0.2, 0.25) is 0 Å². The smallest absolute Gasteiger partial charge is 0.309 e. The van der Waals surface area contributed by atoms with Crippen LogP contribution in [-0.4, -0.2) is 43.7 Å². The number of carbonyl (C=O) groups is 1. The van der Waals surface area contributed by atoms with Crippen LogP contribution < -0.4 is 5.32 Å². The predicted octanol–water partition coefficient (Wildman–Crippen LogP) is 0.699. The minimum atomic E-state index is -0.241. The highest BCUT2D eigenvalue weighted by molar-refractivity contribution is 5.72. The van der Waals surface area contributed by atoms with E-state index in [1.807, 2.05) is 24.3 Å². The summed E-state index contributed by atoms with van der Waals surface area (Å²) in [5.74, 6) is -0.241. The van der Waals surface area contributed by atoms with Gasteiger partial charge in [-0.3, -0.25) is 9.69 Å². The summed E-state index contributed by atoms with van der Waals surface area (Å²) in [5, 5.41) is 12.4. The minimum absolute atomic E-state index is 0.116. The molecule has 1 aliphatic rings. The second-order valence-electron chi connectivity index (χ2n) is 4.84. The zero-order valence-electron chi connectivity index (χ0n) is 11.6. The topological polar surface area (TPSA) is 65.4 Å². The molecule has 1 N–H and O–H groups in total. The van der Waals surface area contributed by atoms with Gasteiger partial charge in [-0.05, 0) is 11.1 Å². The van der Waals surface area contributed by atoms with Crippen molar-refractivity contribution in [2.45, 2.75) is 19.0 Å². The number of nitrogens with zero attached hydrogens (tertiary/aromatic N) is 2. The van der Waals surface area contributed by atoms with Gasteiger partial charge in [0, 0.05) is 26.2 Å². The van der Waals surface area contributed by atoms with Gasteiger partial charge in [0.1, 0.15) is 6.04 Å². The Bertz CT molecular complexity index is 510. The van der Waals surface area contributed by atoms with Crippen molar-refractivity contribution >= 4 is 5.97 Å². The van der Waals surface area contributed by atoms with Gasteiger partial charge in [-0.2, -0.15) is 5.26 Å². The maximum atomic E-state index is 11.4. The van der Waals surface area contributed by atoms with Crippen molar-refractivity contribution in [3.63, 3.8) is 0 Å². The highest BCUT2D eigenvalue weighted by Crippen LogP contribution is 2.15. The third-order valence-corrected chi connectivity index (χ3v) is 3.56. The molecule has 20 heavy (non-hydrogen) atoms. The van der Waals surface area contributed by atoms with E-state index in [1.165, 1.54) is 7.11 Å². The van der Waals surface area contributed by atoms with Crippen LogP contribution in [0.1, 0.15) is 11.1 Å². The largest absolute Gasteiger partial charge is 0.469 e. The average Bonchev–Trinajstić information content (AvgIpc) is 2.49. The van der Waals surface area contributed by atoms with Crippen molar-refractivity contribution in [1.82, 2.24) is 10.2 Å². The Balaban J connectivity index is 2.12. The summed E-state index contributed by atoms with van der Waals surface area (Å²) in [7, 11) is 1.40. The first-order valence-electron chi connectivity index (χ1n) is 6.72. The third kappa shape index (κ3) is 3.56. The molecule has 0 aliphatic carbocycles. The SMILES string of the molecule is COC(=O)Cc1ccccc1CN1CCNCC1C#N. The lowest BCUT2D eigenvalue weighted by Gasteiger charge is -2.32. The van der Waals surface area contributed by atoms with Crippen LogP contribution in [0.5, 0.6) is 0 Å². The fourth-order valence-electron chi connectivity index (χ4n) is 2.39. The first-order valence-corrected chi connectivity index (χ1v) is 6.72. The second kappa shape index (κ2) is 7.04. The molecule has 1 heterocycles. The maximum Gasteiger partial charge on any atom is 0.309 e.